The Balaban J connectivity index is 2.84. The van der Waals surface area contributed by atoms with Crippen molar-refractivity contribution in [3.05, 3.63) is 28.2 Å². The third kappa shape index (κ3) is 4.36. The third-order valence-electron chi connectivity index (χ3n) is 2.09. The molecule has 0 saturated carbocycles. The van der Waals surface area contributed by atoms with E-state index in [1.165, 1.54) is 0 Å². The number of terminal acetylenes is 1. The Morgan fingerprint density at radius 1 is 1.42 bits per heavy atom. The smallest absolute Gasteiger partial charge is 0.323 e. The van der Waals surface area contributed by atoms with Crippen molar-refractivity contribution in [1.82, 2.24) is 4.90 Å². The van der Waals surface area contributed by atoms with Gasteiger partial charge in [-0.15, -0.1) is 6.42 Å². The monoisotopic (exact) mass is 300 g/mol. The summed E-state index contributed by atoms with van der Waals surface area (Å²) in [5.74, 6) is 1.04. The van der Waals surface area contributed by atoms with Crippen molar-refractivity contribution < 1.29 is 14.7 Å². The van der Waals surface area contributed by atoms with E-state index in [0.717, 1.165) is 4.90 Å². The van der Waals surface area contributed by atoms with Gasteiger partial charge in [-0.3, -0.25) is 4.79 Å². The Bertz CT molecular complexity index is 540. The molecule has 100 valence electrons. The molecule has 0 fully saturated rings. The van der Waals surface area contributed by atoms with E-state index >= 15 is 0 Å². The lowest BCUT2D eigenvalue weighted by molar-refractivity contribution is -0.137. The zero-order chi connectivity index (χ0) is 14.4. The summed E-state index contributed by atoms with van der Waals surface area (Å²) in [4.78, 5) is 23.4. The molecule has 1 rings (SSSR count). The number of anilines is 1. The minimum Gasteiger partial charge on any atom is -0.480 e. The van der Waals surface area contributed by atoms with Gasteiger partial charge < -0.3 is 15.3 Å². The van der Waals surface area contributed by atoms with Crippen LogP contribution in [0.4, 0.5) is 10.5 Å². The molecule has 1 aromatic rings. The third-order valence-corrected chi connectivity index (χ3v) is 2.91. The molecule has 2 N–H and O–H groups in total. The maximum atomic E-state index is 11.9. The fourth-order valence-corrected chi connectivity index (χ4v) is 1.62. The average Bonchev–Trinajstić information content (AvgIpc) is 2.34. The first-order chi connectivity index (χ1) is 8.95. The number of aliphatic carboxylic acids is 1. The van der Waals surface area contributed by atoms with Crippen molar-refractivity contribution in [3.8, 4) is 12.3 Å². The Morgan fingerprint density at radius 3 is 2.68 bits per heavy atom. The molecule has 5 nitrogen and oxygen atoms in total. The molecule has 0 radical (unpaired) electrons. The molecule has 0 atom stereocenters. The first-order valence-electron chi connectivity index (χ1n) is 5.11. The van der Waals surface area contributed by atoms with Gasteiger partial charge in [0.25, 0.3) is 0 Å². The van der Waals surface area contributed by atoms with Crippen molar-refractivity contribution >= 4 is 40.9 Å². The molecular formula is C12H10Cl2N2O3. The second kappa shape index (κ2) is 6.88. The van der Waals surface area contributed by atoms with Gasteiger partial charge >= 0.3 is 12.0 Å². The molecule has 0 aliphatic rings. The van der Waals surface area contributed by atoms with E-state index in [9.17, 15) is 9.59 Å². The van der Waals surface area contributed by atoms with Crippen molar-refractivity contribution in [2.45, 2.75) is 0 Å². The molecule has 0 unspecified atom stereocenters. The lowest BCUT2D eigenvalue weighted by Crippen LogP contribution is -2.39. The van der Waals surface area contributed by atoms with Crippen molar-refractivity contribution in [3.63, 3.8) is 0 Å². The molecule has 0 heterocycles. The molecule has 0 aromatic heterocycles. The van der Waals surface area contributed by atoms with Gasteiger partial charge in [-0.2, -0.15) is 0 Å². The molecule has 2 amide bonds. The standard InChI is InChI=1S/C12H10Cl2N2O3/c1-2-6-16(7-10(17)18)12(19)15-9-5-3-4-8(13)11(9)14/h1,3-5H,6-7H2,(H,15,19)(H,17,18). The summed E-state index contributed by atoms with van der Waals surface area (Å²) in [6.45, 7) is -0.634. The van der Waals surface area contributed by atoms with Crippen LogP contribution in [-0.4, -0.2) is 35.1 Å². The van der Waals surface area contributed by atoms with Gasteiger partial charge in [-0.05, 0) is 12.1 Å². The van der Waals surface area contributed by atoms with Gasteiger partial charge in [0.05, 0.1) is 22.3 Å². The predicted molar refractivity (Wildman–Crippen MR) is 73.5 cm³/mol. The maximum Gasteiger partial charge on any atom is 0.323 e. The number of urea groups is 1. The molecular weight excluding hydrogens is 291 g/mol. The Kier molecular flexibility index (Phi) is 5.49. The lowest BCUT2D eigenvalue weighted by atomic mass is 10.3. The first kappa shape index (κ1) is 15.2. The van der Waals surface area contributed by atoms with E-state index in [4.69, 9.17) is 34.7 Å². The Morgan fingerprint density at radius 2 is 2.11 bits per heavy atom. The number of halogens is 2. The number of rotatable bonds is 4. The van der Waals surface area contributed by atoms with Crippen LogP contribution in [0.15, 0.2) is 18.2 Å². The van der Waals surface area contributed by atoms with Crippen LogP contribution in [0.25, 0.3) is 0 Å². The average molecular weight is 301 g/mol. The number of hydrogen-bond acceptors (Lipinski definition) is 2. The molecule has 7 heteroatoms. The number of carbonyl (C=O) groups excluding carboxylic acids is 1. The van der Waals surface area contributed by atoms with Gasteiger partial charge in [-0.25, -0.2) is 4.79 Å². The number of benzene rings is 1. The molecule has 0 aliphatic heterocycles. The second-order valence-corrected chi connectivity index (χ2v) is 4.27. The van der Waals surface area contributed by atoms with E-state index in [2.05, 4.69) is 11.2 Å². The van der Waals surface area contributed by atoms with E-state index in [1.54, 1.807) is 18.2 Å². The number of amides is 2. The SMILES string of the molecule is C#CCN(CC(=O)O)C(=O)Nc1cccc(Cl)c1Cl. The topological polar surface area (TPSA) is 69.6 Å². The van der Waals surface area contributed by atoms with E-state index in [-0.39, 0.29) is 22.3 Å². The molecule has 0 spiro atoms. The summed E-state index contributed by atoms with van der Waals surface area (Å²) in [5, 5.41) is 11.6. The highest BCUT2D eigenvalue weighted by molar-refractivity contribution is 6.43. The molecule has 0 saturated heterocycles. The van der Waals surface area contributed by atoms with Crippen molar-refractivity contribution in [2.24, 2.45) is 0 Å². The zero-order valence-corrected chi connectivity index (χ0v) is 11.2. The molecule has 19 heavy (non-hydrogen) atoms. The largest absolute Gasteiger partial charge is 0.480 e. The van der Waals surface area contributed by atoms with Gasteiger partial charge in [-0.1, -0.05) is 35.2 Å². The summed E-state index contributed by atoms with van der Waals surface area (Å²) < 4.78 is 0. The second-order valence-electron chi connectivity index (χ2n) is 3.49. The summed E-state index contributed by atoms with van der Waals surface area (Å²) in [7, 11) is 0. The summed E-state index contributed by atoms with van der Waals surface area (Å²) >= 11 is 11.7. The van der Waals surface area contributed by atoms with Gasteiger partial charge in [0.15, 0.2) is 0 Å². The number of hydrogen-bond donors (Lipinski definition) is 2. The number of nitrogens with zero attached hydrogens (tertiary/aromatic N) is 1. The highest BCUT2D eigenvalue weighted by Gasteiger charge is 2.17. The Labute approximate surface area is 120 Å². The van der Waals surface area contributed by atoms with Crippen molar-refractivity contribution in [1.29, 1.82) is 0 Å². The number of carbonyl (C=O) groups is 2. The Hall–Kier alpha value is -1.90. The predicted octanol–water partition coefficient (Wildman–Crippen LogP) is 2.55. The number of carboxylic acid groups (broad SMARTS) is 1. The lowest BCUT2D eigenvalue weighted by Gasteiger charge is -2.19. The van der Waals surface area contributed by atoms with Crippen LogP contribution in [-0.2, 0) is 4.79 Å². The highest BCUT2D eigenvalue weighted by Crippen LogP contribution is 2.29. The van der Waals surface area contributed by atoms with E-state index < -0.39 is 18.5 Å². The van der Waals surface area contributed by atoms with Gasteiger partial charge in [0, 0.05) is 0 Å². The van der Waals surface area contributed by atoms with Crippen molar-refractivity contribution in [2.75, 3.05) is 18.4 Å². The van der Waals surface area contributed by atoms with Gasteiger partial charge in [0.2, 0.25) is 0 Å². The van der Waals surface area contributed by atoms with Crippen LogP contribution in [0.1, 0.15) is 0 Å². The normalized spacial score (nSPS) is 9.53. The van der Waals surface area contributed by atoms with Gasteiger partial charge in [0.1, 0.15) is 6.54 Å². The number of nitrogens with one attached hydrogen (secondary N) is 1. The minimum absolute atomic E-state index is 0.129. The quantitative estimate of drug-likeness (QED) is 0.840. The minimum atomic E-state index is -1.16. The molecule has 0 bridgehead atoms. The van der Waals surface area contributed by atoms with E-state index in [0.29, 0.717) is 0 Å². The maximum absolute atomic E-state index is 11.9. The van der Waals surface area contributed by atoms with Crippen LogP contribution in [0, 0.1) is 12.3 Å². The highest BCUT2D eigenvalue weighted by atomic mass is 35.5. The number of carboxylic acids is 1. The fourth-order valence-electron chi connectivity index (χ4n) is 1.27. The molecule has 1 aromatic carbocycles. The van der Waals surface area contributed by atoms with Crippen LogP contribution >= 0.6 is 23.2 Å². The zero-order valence-electron chi connectivity index (χ0n) is 9.69. The fraction of sp³-hybridized carbons (Fsp3) is 0.167. The summed E-state index contributed by atoms with van der Waals surface area (Å²) in [6, 6.07) is 4.05. The van der Waals surface area contributed by atoms with Crippen LogP contribution in [0.5, 0.6) is 0 Å². The van der Waals surface area contributed by atoms with Crippen LogP contribution in [0.3, 0.4) is 0 Å². The van der Waals surface area contributed by atoms with E-state index in [1.807, 2.05) is 0 Å². The van der Waals surface area contributed by atoms with Crippen LogP contribution in [0.2, 0.25) is 10.0 Å². The van der Waals surface area contributed by atoms with Crippen LogP contribution < -0.4 is 5.32 Å². The summed E-state index contributed by atoms with van der Waals surface area (Å²) in [6.07, 6.45) is 5.08. The summed E-state index contributed by atoms with van der Waals surface area (Å²) in [5.41, 5.74) is 0.284. The first-order valence-corrected chi connectivity index (χ1v) is 5.86. The molecule has 0 aliphatic carbocycles.